The van der Waals surface area contributed by atoms with E-state index < -0.39 is 8.80 Å². The Morgan fingerprint density at radius 1 is 0.826 bits per heavy atom. The molecule has 0 heterocycles. The highest BCUT2D eigenvalue weighted by molar-refractivity contribution is 6.62. The minimum Gasteiger partial charge on any atom is -0.374 e. The minimum atomic E-state index is -2.59. The van der Waals surface area contributed by atoms with Gasteiger partial charge in [0, 0.05) is 25.4 Å². The summed E-state index contributed by atoms with van der Waals surface area (Å²) in [7, 11) is -2.59. The highest BCUT2D eigenvalue weighted by Crippen LogP contribution is 2.71. The predicted octanol–water partition coefficient (Wildman–Crippen LogP) is 4.13. The molecule has 0 saturated heterocycles. The zero-order valence-corrected chi connectivity index (χ0v) is 16.0. The summed E-state index contributed by atoms with van der Waals surface area (Å²) in [6.07, 6.45) is 7.83. The summed E-state index contributed by atoms with van der Waals surface area (Å²) >= 11 is 0. The molecule has 4 bridgehead atoms. The second kappa shape index (κ2) is 5.97. The number of allylic oxidation sites excluding steroid dienone is 2. The lowest BCUT2D eigenvalue weighted by Crippen LogP contribution is -2.55. The van der Waals surface area contributed by atoms with E-state index in [4.69, 9.17) is 13.3 Å². The van der Waals surface area contributed by atoms with Crippen molar-refractivity contribution in [2.45, 2.75) is 46.1 Å². The van der Waals surface area contributed by atoms with Crippen molar-refractivity contribution in [2.24, 2.45) is 41.4 Å². The van der Waals surface area contributed by atoms with Crippen LogP contribution in [-0.4, -0.2) is 28.6 Å². The van der Waals surface area contributed by atoms with Gasteiger partial charge in [-0.1, -0.05) is 19.1 Å². The van der Waals surface area contributed by atoms with Crippen LogP contribution in [0, 0.1) is 41.4 Å². The standard InChI is InChI=1S/C19H32O3Si/c1-5-20-23(21-6-2,22-7-3)19-12(4)15-11-16(19)18-14-9-8-13(10-14)17(15)18/h8-9,12-19H,5-7,10-11H2,1-4H3. The fraction of sp³-hybridized carbons (Fsp3) is 0.895. The van der Waals surface area contributed by atoms with E-state index in [0.717, 1.165) is 35.5 Å². The quantitative estimate of drug-likeness (QED) is 0.397. The zero-order valence-electron chi connectivity index (χ0n) is 15.0. The third-order valence-electron chi connectivity index (χ3n) is 7.26. The summed E-state index contributed by atoms with van der Waals surface area (Å²) in [4.78, 5) is 0. The van der Waals surface area contributed by atoms with Gasteiger partial charge in [0.25, 0.3) is 0 Å². The van der Waals surface area contributed by atoms with Crippen LogP contribution in [0.5, 0.6) is 0 Å². The molecule has 8 atom stereocenters. The van der Waals surface area contributed by atoms with Crippen molar-refractivity contribution >= 4 is 8.80 Å². The second-order valence-corrected chi connectivity index (χ2v) is 10.7. The van der Waals surface area contributed by atoms with Crippen LogP contribution in [0.15, 0.2) is 12.2 Å². The van der Waals surface area contributed by atoms with Crippen molar-refractivity contribution in [1.82, 2.24) is 0 Å². The number of hydrogen-bond acceptors (Lipinski definition) is 3. The molecule has 0 aromatic rings. The van der Waals surface area contributed by atoms with Crippen LogP contribution in [0.4, 0.5) is 0 Å². The number of hydrogen-bond donors (Lipinski definition) is 0. The Morgan fingerprint density at radius 3 is 1.87 bits per heavy atom. The minimum absolute atomic E-state index is 0.515. The van der Waals surface area contributed by atoms with Gasteiger partial charge >= 0.3 is 8.80 Å². The summed E-state index contributed by atoms with van der Waals surface area (Å²) in [5.41, 5.74) is 0.515. The molecule has 3 nitrogen and oxygen atoms in total. The molecule has 0 spiro atoms. The molecule has 130 valence electrons. The van der Waals surface area contributed by atoms with Crippen LogP contribution in [0.25, 0.3) is 0 Å². The first-order chi connectivity index (χ1) is 11.2. The second-order valence-electron chi connectivity index (χ2n) is 7.95. The van der Waals surface area contributed by atoms with E-state index in [1.165, 1.54) is 12.8 Å². The van der Waals surface area contributed by atoms with Gasteiger partial charge in [-0.05, 0) is 75.0 Å². The summed E-state index contributed by atoms with van der Waals surface area (Å²) in [5, 5.41) is 0. The molecular formula is C19H32O3Si. The van der Waals surface area contributed by atoms with Crippen LogP contribution >= 0.6 is 0 Å². The zero-order chi connectivity index (χ0) is 16.2. The van der Waals surface area contributed by atoms with Crippen molar-refractivity contribution in [2.75, 3.05) is 19.8 Å². The van der Waals surface area contributed by atoms with Crippen LogP contribution in [-0.2, 0) is 13.3 Å². The number of rotatable bonds is 7. The largest absolute Gasteiger partial charge is 0.504 e. The molecular weight excluding hydrogens is 304 g/mol. The van der Waals surface area contributed by atoms with Crippen molar-refractivity contribution in [1.29, 1.82) is 0 Å². The van der Waals surface area contributed by atoms with Gasteiger partial charge in [0.1, 0.15) is 0 Å². The molecule has 0 amide bonds. The van der Waals surface area contributed by atoms with Gasteiger partial charge in [-0.3, -0.25) is 0 Å². The van der Waals surface area contributed by atoms with Gasteiger partial charge in [0.05, 0.1) is 0 Å². The average Bonchev–Trinajstić information content (AvgIpc) is 3.25. The lowest BCUT2D eigenvalue weighted by atomic mass is 9.69. The Morgan fingerprint density at radius 2 is 1.35 bits per heavy atom. The van der Waals surface area contributed by atoms with Gasteiger partial charge in [-0.2, -0.15) is 0 Å². The monoisotopic (exact) mass is 336 g/mol. The summed E-state index contributed by atoms with van der Waals surface area (Å²) in [6, 6.07) is 0. The maximum atomic E-state index is 6.32. The molecule has 3 fully saturated rings. The van der Waals surface area contributed by atoms with Crippen molar-refractivity contribution in [3.63, 3.8) is 0 Å². The molecule has 0 aromatic carbocycles. The lowest BCUT2D eigenvalue weighted by molar-refractivity contribution is 0.0312. The highest BCUT2D eigenvalue weighted by Gasteiger charge is 2.70. The highest BCUT2D eigenvalue weighted by atomic mass is 28.4. The Hall–Kier alpha value is -0.163. The summed E-state index contributed by atoms with van der Waals surface area (Å²) < 4.78 is 19.0. The first-order valence-electron chi connectivity index (χ1n) is 9.77. The molecule has 4 rings (SSSR count). The van der Waals surface area contributed by atoms with Gasteiger partial charge in [0.2, 0.25) is 0 Å². The summed E-state index contributed by atoms with van der Waals surface area (Å²) in [6.45, 7) is 10.8. The van der Waals surface area contributed by atoms with Gasteiger partial charge < -0.3 is 13.3 Å². The first-order valence-corrected chi connectivity index (χ1v) is 11.6. The lowest BCUT2D eigenvalue weighted by Gasteiger charge is -2.46. The third kappa shape index (κ3) is 2.18. The molecule has 0 radical (unpaired) electrons. The van der Waals surface area contributed by atoms with Gasteiger partial charge in [-0.15, -0.1) is 0 Å². The van der Waals surface area contributed by atoms with E-state index in [-0.39, 0.29) is 0 Å². The smallest absolute Gasteiger partial charge is 0.374 e. The van der Waals surface area contributed by atoms with E-state index in [1.54, 1.807) is 0 Å². The fourth-order valence-corrected chi connectivity index (χ4v) is 10.8. The Balaban J connectivity index is 1.66. The van der Waals surface area contributed by atoms with Crippen LogP contribution in [0.2, 0.25) is 5.54 Å². The SMILES string of the molecule is CCO[Si](OCC)(OCC)C1C(C)C2CC1C1C3C=CC(C3)C21. The van der Waals surface area contributed by atoms with E-state index >= 15 is 0 Å². The first kappa shape index (κ1) is 16.3. The van der Waals surface area contributed by atoms with Crippen molar-refractivity contribution in [3.8, 4) is 0 Å². The topological polar surface area (TPSA) is 27.7 Å². The van der Waals surface area contributed by atoms with E-state index in [9.17, 15) is 0 Å². The maximum Gasteiger partial charge on any atom is 0.504 e. The van der Waals surface area contributed by atoms with E-state index in [2.05, 4.69) is 39.8 Å². The molecule has 23 heavy (non-hydrogen) atoms. The maximum absolute atomic E-state index is 6.32. The van der Waals surface area contributed by atoms with Gasteiger partial charge in [0.15, 0.2) is 0 Å². The summed E-state index contributed by atoms with van der Waals surface area (Å²) in [5.74, 6) is 5.82. The Bertz CT molecular complexity index is 462. The third-order valence-corrected chi connectivity index (χ3v) is 11.1. The molecule has 4 heteroatoms. The number of fused-ring (bicyclic) bond motifs is 9. The molecule has 0 aromatic heterocycles. The van der Waals surface area contributed by atoms with Crippen molar-refractivity contribution < 1.29 is 13.3 Å². The Labute approximate surface area is 142 Å². The van der Waals surface area contributed by atoms with E-state index in [1.807, 2.05) is 0 Å². The molecule has 4 aliphatic carbocycles. The molecule has 0 aliphatic heterocycles. The normalized spacial score (nSPS) is 46.8. The van der Waals surface area contributed by atoms with Crippen molar-refractivity contribution in [3.05, 3.63) is 12.2 Å². The van der Waals surface area contributed by atoms with Crippen LogP contribution in [0.1, 0.15) is 40.5 Å². The van der Waals surface area contributed by atoms with Crippen LogP contribution < -0.4 is 0 Å². The van der Waals surface area contributed by atoms with Crippen LogP contribution in [0.3, 0.4) is 0 Å². The molecule has 0 N–H and O–H groups in total. The van der Waals surface area contributed by atoms with Gasteiger partial charge in [-0.25, -0.2) is 0 Å². The predicted molar refractivity (Wildman–Crippen MR) is 92.9 cm³/mol. The average molecular weight is 337 g/mol. The molecule has 8 unspecified atom stereocenters. The Kier molecular flexibility index (Phi) is 4.24. The van der Waals surface area contributed by atoms with E-state index in [0.29, 0.717) is 31.3 Å². The molecule has 3 saturated carbocycles. The fourth-order valence-electron chi connectivity index (χ4n) is 6.94. The molecule has 4 aliphatic rings.